The number of thiazole rings is 1. The Bertz CT molecular complexity index is 750. The lowest BCUT2D eigenvalue weighted by molar-refractivity contribution is -0.0640. The molecular formula is C11H14ClN3O3S2. The zero-order chi connectivity index (χ0) is 14.5. The fourth-order valence-electron chi connectivity index (χ4n) is 2.27. The van der Waals surface area contributed by atoms with Crippen LogP contribution in [0.1, 0.15) is 13.8 Å². The van der Waals surface area contributed by atoms with Gasteiger partial charge in [-0.2, -0.15) is 4.31 Å². The maximum absolute atomic E-state index is 12.8. The van der Waals surface area contributed by atoms with E-state index in [1.165, 1.54) is 20.0 Å². The van der Waals surface area contributed by atoms with Crippen molar-refractivity contribution in [2.24, 2.45) is 0 Å². The Hall–Kier alpha value is -0.670. The topological polar surface area (TPSA) is 63.9 Å². The highest BCUT2D eigenvalue weighted by atomic mass is 35.5. The van der Waals surface area contributed by atoms with Crippen LogP contribution >= 0.6 is 22.9 Å². The molecule has 0 radical (unpaired) electrons. The number of imidazole rings is 1. The molecule has 1 saturated heterocycles. The summed E-state index contributed by atoms with van der Waals surface area (Å²) in [5, 5.41) is 1.83. The largest absolute Gasteiger partial charge is 0.373 e. The van der Waals surface area contributed by atoms with Gasteiger partial charge < -0.3 is 4.74 Å². The first-order chi connectivity index (χ1) is 9.31. The smallest absolute Gasteiger partial charge is 0.262 e. The molecule has 0 atom stereocenters. The van der Waals surface area contributed by atoms with E-state index in [1.807, 2.05) is 13.8 Å². The van der Waals surface area contributed by atoms with Gasteiger partial charge in [0.05, 0.1) is 12.2 Å². The maximum Gasteiger partial charge on any atom is 0.262 e. The first-order valence-electron chi connectivity index (χ1n) is 6.06. The molecule has 20 heavy (non-hydrogen) atoms. The Labute approximate surface area is 126 Å². The van der Waals surface area contributed by atoms with Gasteiger partial charge in [0.1, 0.15) is 0 Å². The Morgan fingerprint density at radius 2 is 2.25 bits per heavy atom. The molecule has 0 spiro atoms. The Balaban J connectivity index is 2.08. The van der Waals surface area contributed by atoms with Crippen molar-refractivity contribution < 1.29 is 13.2 Å². The van der Waals surface area contributed by atoms with Crippen molar-refractivity contribution >= 4 is 37.9 Å². The molecule has 0 aromatic carbocycles. The van der Waals surface area contributed by atoms with Gasteiger partial charge in [-0.3, -0.25) is 4.40 Å². The van der Waals surface area contributed by atoms with E-state index in [0.717, 1.165) is 0 Å². The number of hydrogen-bond donors (Lipinski definition) is 0. The zero-order valence-corrected chi connectivity index (χ0v) is 13.4. The van der Waals surface area contributed by atoms with Gasteiger partial charge in [0.15, 0.2) is 15.1 Å². The average Bonchev–Trinajstić information content (AvgIpc) is 2.86. The summed E-state index contributed by atoms with van der Waals surface area (Å²) >= 11 is 7.37. The second-order valence-corrected chi connectivity index (χ2v) is 8.29. The predicted octanol–water partition coefficient (Wildman–Crippen LogP) is 1.85. The summed E-state index contributed by atoms with van der Waals surface area (Å²) in [4.78, 5) is 4.65. The molecule has 0 amide bonds. The van der Waals surface area contributed by atoms with Crippen LogP contribution in [0.15, 0.2) is 16.6 Å². The molecule has 1 fully saturated rings. The minimum atomic E-state index is -3.69. The first-order valence-corrected chi connectivity index (χ1v) is 8.76. The van der Waals surface area contributed by atoms with Gasteiger partial charge in [0.25, 0.3) is 10.0 Å². The third-order valence-electron chi connectivity index (χ3n) is 3.15. The number of aromatic nitrogens is 2. The van der Waals surface area contributed by atoms with Crippen LogP contribution in [-0.2, 0) is 14.8 Å². The van der Waals surface area contributed by atoms with Gasteiger partial charge in [0.2, 0.25) is 0 Å². The molecule has 0 saturated carbocycles. The Morgan fingerprint density at radius 1 is 1.50 bits per heavy atom. The second-order valence-electron chi connectivity index (χ2n) is 5.21. The van der Waals surface area contributed by atoms with Gasteiger partial charge in [-0.1, -0.05) is 11.6 Å². The number of sulfonamides is 1. The molecule has 110 valence electrons. The minimum Gasteiger partial charge on any atom is -0.373 e. The lowest BCUT2D eigenvalue weighted by Gasteiger charge is -2.37. The highest BCUT2D eigenvalue weighted by Crippen LogP contribution is 2.30. The van der Waals surface area contributed by atoms with E-state index < -0.39 is 15.6 Å². The van der Waals surface area contributed by atoms with Gasteiger partial charge in [0, 0.05) is 24.7 Å². The van der Waals surface area contributed by atoms with E-state index in [1.54, 1.807) is 11.6 Å². The van der Waals surface area contributed by atoms with E-state index in [-0.39, 0.29) is 10.2 Å². The van der Waals surface area contributed by atoms with E-state index in [9.17, 15) is 8.42 Å². The second kappa shape index (κ2) is 4.67. The standard InChI is InChI=1S/C11H14ClN3O3S2/c1-11(2)7-14(3-5-18-11)20(16,17)9-8(12)13-10-15(9)4-6-19-10/h4,6H,3,5,7H2,1-2H3. The molecule has 2 aromatic heterocycles. The number of fused-ring (bicyclic) bond motifs is 1. The molecule has 1 aliphatic rings. The number of morpholine rings is 1. The maximum atomic E-state index is 12.8. The number of hydrogen-bond acceptors (Lipinski definition) is 5. The number of ether oxygens (including phenoxy) is 1. The summed E-state index contributed by atoms with van der Waals surface area (Å²) in [6.07, 6.45) is 1.66. The van der Waals surface area contributed by atoms with Crippen LogP contribution in [0.5, 0.6) is 0 Å². The lowest BCUT2D eigenvalue weighted by atomic mass is 10.1. The lowest BCUT2D eigenvalue weighted by Crippen LogP contribution is -2.50. The molecule has 0 aliphatic carbocycles. The summed E-state index contributed by atoms with van der Waals surface area (Å²) in [6, 6.07) is 0. The summed E-state index contributed by atoms with van der Waals surface area (Å²) in [5.41, 5.74) is -0.504. The van der Waals surface area contributed by atoms with E-state index >= 15 is 0 Å². The summed E-state index contributed by atoms with van der Waals surface area (Å²) < 4.78 is 34.1. The monoisotopic (exact) mass is 335 g/mol. The van der Waals surface area contributed by atoms with E-state index in [4.69, 9.17) is 16.3 Å². The van der Waals surface area contributed by atoms with Crippen LogP contribution in [0.2, 0.25) is 5.15 Å². The minimum absolute atomic E-state index is 0.0150. The van der Waals surface area contributed by atoms with Gasteiger partial charge in [-0.25, -0.2) is 13.4 Å². The number of nitrogens with zero attached hydrogens (tertiary/aromatic N) is 3. The van der Waals surface area contributed by atoms with Crippen molar-refractivity contribution in [3.63, 3.8) is 0 Å². The first kappa shape index (κ1) is 14.3. The molecule has 2 aromatic rings. The normalized spacial score (nSPS) is 20.6. The molecule has 0 bridgehead atoms. The van der Waals surface area contributed by atoms with Crippen LogP contribution in [0.4, 0.5) is 0 Å². The third kappa shape index (κ3) is 2.25. The average molecular weight is 336 g/mol. The van der Waals surface area contributed by atoms with Crippen molar-refractivity contribution in [2.75, 3.05) is 19.7 Å². The van der Waals surface area contributed by atoms with Crippen LogP contribution in [-0.4, -0.2) is 47.4 Å². The molecule has 6 nitrogen and oxygen atoms in total. The van der Waals surface area contributed by atoms with Crippen molar-refractivity contribution in [2.45, 2.75) is 24.5 Å². The van der Waals surface area contributed by atoms with E-state index in [0.29, 0.717) is 24.7 Å². The highest BCUT2D eigenvalue weighted by Gasteiger charge is 2.38. The zero-order valence-electron chi connectivity index (χ0n) is 11.0. The number of rotatable bonds is 2. The third-order valence-corrected chi connectivity index (χ3v) is 6.16. The van der Waals surface area contributed by atoms with Gasteiger partial charge in [-0.15, -0.1) is 11.3 Å². The summed E-state index contributed by atoms with van der Waals surface area (Å²) in [7, 11) is -3.69. The summed E-state index contributed by atoms with van der Waals surface area (Å²) in [5.74, 6) is 0. The van der Waals surface area contributed by atoms with Crippen LogP contribution in [0.3, 0.4) is 0 Å². The fourth-order valence-corrected chi connectivity index (χ4v) is 5.25. The van der Waals surface area contributed by atoms with Crippen LogP contribution in [0.25, 0.3) is 4.96 Å². The molecule has 1 aliphatic heterocycles. The van der Waals surface area contributed by atoms with Gasteiger partial charge in [-0.05, 0) is 13.8 Å². The van der Waals surface area contributed by atoms with E-state index in [2.05, 4.69) is 4.98 Å². The molecule has 0 unspecified atom stereocenters. The number of halogens is 1. The van der Waals surface area contributed by atoms with Gasteiger partial charge >= 0.3 is 0 Å². The van der Waals surface area contributed by atoms with Crippen molar-refractivity contribution in [3.8, 4) is 0 Å². The molecular weight excluding hydrogens is 322 g/mol. The predicted molar refractivity (Wildman–Crippen MR) is 76.9 cm³/mol. The fraction of sp³-hybridized carbons (Fsp3) is 0.545. The molecule has 3 rings (SSSR count). The molecule has 9 heteroatoms. The molecule has 3 heterocycles. The van der Waals surface area contributed by atoms with Crippen molar-refractivity contribution in [1.29, 1.82) is 0 Å². The van der Waals surface area contributed by atoms with Crippen LogP contribution in [0, 0.1) is 0 Å². The summed E-state index contributed by atoms with van der Waals surface area (Å²) in [6.45, 7) is 4.72. The van der Waals surface area contributed by atoms with Crippen molar-refractivity contribution in [1.82, 2.24) is 13.7 Å². The molecule has 0 N–H and O–H groups in total. The Kier molecular flexibility index (Phi) is 3.33. The Morgan fingerprint density at radius 3 is 2.95 bits per heavy atom. The van der Waals surface area contributed by atoms with Crippen molar-refractivity contribution in [3.05, 3.63) is 16.7 Å². The quantitative estimate of drug-likeness (QED) is 0.840. The van der Waals surface area contributed by atoms with Crippen LogP contribution < -0.4 is 0 Å². The highest BCUT2D eigenvalue weighted by molar-refractivity contribution is 7.89. The SMILES string of the molecule is CC1(C)CN(S(=O)(=O)c2c(Cl)nc3sccn23)CCO1.